The zero-order chi connectivity index (χ0) is 9.42. The van der Waals surface area contributed by atoms with E-state index in [0.29, 0.717) is 5.69 Å². The summed E-state index contributed by atoms with van der Waals surface area (Å²) < 4.78 is 0.879. The number of phenolic OH excluding ortho intramolecular Hbond substituents is 1. The summed E-state index contributed by atoms with van der Waals surface area (Å²) >= 11 is 3.21. The molecule has 0 aliphatic rings. The van der Waals surface area contributed by atoms with Crippen molar-refractivity contribution >= 4 is 38.9 Å². The lowest BCUT2D eigenvalue weighted by Crippen LogP contribution is -1.83. The second-order valence-corrected chi connectivity index (χ2v) is 4.41. The van der Waals surface area contributed by atoms with Gasteiger partial charge in [0.1, 0.15) is 0 Å². The van der Waals surface area contributed by atoms with Gasteiger partial charge in [0, 0.05) is 15.7 Å². The summed E-state index contributed by atoms with van der Waals surface area (Å²) in [4.78, 5) is 1.19. The van der Waals surface area contributed by atoms with Gasteiger partial charge in [-0.15, -0.1) is 23.1 Å². The van der Waals surface area contributed by atoms with Crippen molar-refractivity contribution in [2.45, 2.75) is 4.90 Å². The fraction of sp³-hybridized carbons (Fsp3) is 0.111. The van der Waals surface area contributed by atoms with Crippen molar-refractivity contribution in [2.75, 3.05) is 12.0 Å². The van der Waals surface area contributed by atoms with E-state index in [1.807, 2.05) is 17.7 Å². The molecule has 0 bridgehead atoms. The quantitative estimate of drug-likeness (QED) is 0.433. The summed E-state index contributed by atoms with van der Waals surface area (Å²) in [5.41, 5.74) is 6.03. The van der Waals surface area contributed by atoms with Gasteiger partial charge in [-0.25, -0.2) is 0 Å². The molecule has 0 aliphatic heterocycles. The van der Waals surface area contributed by atoms with Crippen LogP contribution in [0.2, 0.25) is 0 Å². The highest BCUT2D eigenvalue weighted by molar-refractivity contribution is 7.99. The van der Waals surface area contributed by atoms with E-state index in [9.17, 15) is 5.11 Å². The Bertz CT molecular complexity index is 450. The summed E-state index contributed by atoms with van der Waals surface area (Å²) in [5.74, 6) is 0.211. The van der Waals surface area contributed by atoms with Crippen LogP contribution >= 0.6 is 23.1 Å². The monoisotopic (exact) mass is 211 g/mol. The molecule has 0 spiro atoms. The van der Waals surface area contributed by atoms with Crippen LogP contribution in [-0.2, 0) is 0 Å². The molecule has 1 heterocycles. The van der Waals surface area contributed by atoms with Crippen LogP contribution in [0.25, 0.3) is 10.1 Å². The van der Waals surface area contributed by atoms with Gasteiger partial charge in [-0.05, 0) is 12.3 Å². The molecule has 0 aliphatic carbocycles. The predicted molar refractivity (Wildman–Crippen MR) is 59.7 cm³/mol. The Hall–Kier alpha value is -0.870. The van der Waals surface area contributed by atoms with Crippen LogP contribution in [0.5, 0.6) is 5.75 Å². The fourth-order valence-corrected chi connectivity index (χ4v) is 3.10. The van der Waals surface area contributed by atoms with Gasteiger partial charge in [0.05, 0.1) is 10.4 Å². The number of nitrogens with two attached hydrogens (primary N) is 1. The van der Waals surface area contributed by atoms with Crippen LogP contribution in [0, 0.1) is 0 Å². The lowest BCUT2D eigenvalue weighted by molar-refractivity contribution is 0.485. The number of aromatic hydroxyl groups is 1. The molecule has 13 heavy (non-hydrogen) atoms. The Labute approximate surface area is 84.4 Å². The SMILES string of the molecule is CSc1csc2c(O)c(N)ccc12. The van der Waals surface area contributed by atoms with Gasteiger partial charge in [-0.1, -0.05) is 6.07 Å². The minimum Gasteiger partial charge on any atom is -0.504 e. The van der Waals surface area contributed by atoms with Gasteiger partial charge >= 0.3 is 0 Å². The van der Waals surface area contributed by atoms with E-state index in [1.54, 1.807) is 17.8 Å². The van der Waals surface area contributed by atoms with Crippen molar-refractivity contribution in [2.24, 2.45) is 0 Å². The normalized spacial score (nSPS) is 10.8. The molecule has 0 saturated carbocycles. The number of nitrogen functional groups attached to an aromatic ring is 1. The number of fused-ring (bicyclic) bond motifs is 1. The summed E-state index contributed by atoms with van der Waals surface area (Å²) in [7, 11) is 0. The molecule has 0 saturated heterocycles. The highest BCUT2D eigenvalue weighted by Gasteiger charge is 2.08. The number of benzene rings is 1. The highest BCUT2D eigenvalue weighted by Crippen LogP contribution is 2.39. The number of thioether (sulfide) groups is 1. The van der Waals surface area contributed by atoms with Crippen LogP contribution in [-0.4, -0.2) is 11.4 Å². The van der Waals surface area contributed by atoms with Gasteiger partial charge in [0.2, 0.25) is 0 Å². The number of phenols is 1. The molecule has 3 N–H and O–H groups in total. The summed E-state index contributed by atoms with van der Waals surface area (Å²) in [6.07, 6.45) is 2.02. The van der Waals surface area contributed by atoms with Crippen molar-refractivity contribution in [3.05, 3.63) is 17.5 Å². The maximum Gasteiger partial charge on any atom is 0.156 e. The topological polar surface area (TPSA) is 46.2 Å². The molecule has 0 amide bonds. The number of thiophene rings is 1. The largest absolute Gasteiger partial charge is 0.504 e. The van der Waals surface area contributed by atoms with Crippen LogP contribution < -0.4 is 5.73 Å². The first kappa shape index (κ1) is 8.72. The minimum absolute atomic E-state index is 0.211. The zero-order valence-corrected chi connectivity index (χ0v) is 8.71. The van der Waals surface area contributed by atoms with Gasteiger partial charge in [-0.3, -0.25) is 0 Å². The van der Waals surface area contributed by atoms with Crippen molar-refractivity contribution in [3.63, 3.8) is 0 Å². The Kier molecular flexibility index (Phi) is 2.09. The molecule has 0 atom stereocenters. The fourth-order valence-electron chi connectivity index (χ4n) is 1.23. The van der Waals surface area contributed by atoms with Crippen molar-refractivity contribution in [1.29, 1.82) is 0 Å². The van der Waals surface area contributed by atoms with Crippen molar-refractivity contribution < 1.29 is 5.11 Å². The van der Waals surface area contributed by atoms with Crippen LogP contribution in [0.3, 0.4) is 0 Å². The Morgan fingerprint density at radius 1 is 1.46 bits per heavy atom. The molecule has 68 valence electrons. The Morgan fingerprint density at radius 3 is 2.92 bits per heavy atom. The number of hydrogen-bond donors (Lipinski definition) is 2. The maximum atomic E-state index is 9.64. The summed E-state index contributed by atoms with van der Waals surface area (Å²) in [6.45, 7) is 0. The van der Waals surface area contributed by atoms with E-state index >= 15 is 0 Å². The predicted octanol–water partition coefficient (Wildman–Crippen LogP) is 2.91. The van der Waals surface area contributed by atoms with E-state index in [2.05, 4.69) is 0 Å². The second-order valence-electron chi connectivity index (χ2n) is 2.68. The summed E-state index contributed by atoms with van der Waals surface area (Å²) in [5, 5.41) is 12.8. The number of hydrogen-bond acceptors (Lipinski definition) is 4. The molecular weight excluding hydrogens is 202 g/mol. The third kappa shape index (κ3) is 1.26. The van der Waals surface area contributed by atoms with Gasteiger partial charge in [0.15, 0.2) is 5.75 Å². The molecule has 0 unspecified atom stereocenters. The maximum absolute atomic E-state index is 9.64. The van der Waals surface area contributed by atoms with Gasteiger partial charge in [0.25, 0.3) is 0 Å². The van der Waals surface area contributed by atoms with E-state index in [4.69, 9.17) is 5.73 Å². The Morgan fingerprint density at radius 2 is 2.23 bits per heavy atom. The average Bonchev–Trinajstić information content (AvgIpc) is 2.55. The van der Waals surface area contributed by atoms with Crippen LogP contribution in [0.1, 0.15) is 0 Å². The molecule has 4 heteroatoms. The Balaban J connectivity index is 2.81. The van der Waals surface area contributed by atoms with Gasteiger partial charge in [-0.2, -0.15) is 0 Å². The first-order valence-corrected chi connectivity index (χ1v) is 5.87. The van der Waals surface area contributed by atoms with Gasteiger partial charge < -0.3 is 10.8 Å². The smallest absolute Gasteiger partial charge is 0.156 e. The van der Waals surface area contributed by atoms with Crippen LogP contribution in [0.4, 0.5) is 5.69 Å². The standard InChI is InChI=1S/C9H9NOS2/c1-12-7-4-13-9-5(7)2-3-6(10)8(9)11/h2-4,11H,10H2,1H3. The second kappa shape index (κ2) is 3.12. The van der Waals surface area contributed by atoms with Crippen LogP contribution in [0.15, 0.2) is 22.4 Å². The average molecular weight is 211 g/mol. The third-order valence-corrected chi connectivity index (χ3v) is 3.86. The number of anilines is 1. The van der Waals surface area contributed by atoms with E-state index < -0.39 is 0 Å². The third-order valence-electron chi connectivity index (χ3n) is 1.93. The first-order valence-electron chi connectivity index (χ1n) is 3.76. The zero-order valence-electron chi connectivity index (χ0n) is 7.07. The van der Waals surface area contributed by atoms with E-state index in [-0.39, 0.29) is 5.75 Å². The van der Waals surface area contributed by atoms with E-state index in [1.165, 1.54) is 16.2 Å². The molecule has 0 fully saturated rings. The lowest BCUT2D eigenvalue weighted by Gasteiger charge is -1.99. The molecule has 1 aromatic carbocycles. The minimum atomic E-state index is 0.211. The lowest BCUT2D eigenvalue weighted by atomic mass is 10.2. The molecule has 0 radical (unpaired) electrons. The number of rotatable bonds is 1. The first-order chi connectivity index (χ1) is 6.24. The molecule has 1 aromatic heterocycles. The molecule has 2 aromatic rings. The summed E-state index contributed by atoms with van der Waals surface area (Å²) in [6, 6.07) is 3.69. The van der Waals surface area contributed by atoms with Crippen molar-refractivity contribution in [1.82, 2.24) is 0 Å². The molecule has 2 rings (SSSR count). The van der Waals surface area contributed by atoms with E-state index in [0.717, 1.165) is 10.1 Å². The molecule has 2 nitrogen and oxygen atoms in total. The highest BCUT2D eigenvalue weighted by atomic mass is 32.2. The van der Waals surface area contributed by atoms with Crippen molar-refractivity contribution in [3.8, 4) is 5.75 Å². The molecular formula is C9H9NOS2.